The number of rotatable bonds is 6. The summed E-state index contributed by atoms with van der Waals surface area (Å²) in [5, 5.41) is 11.5. The summed E-state index contributed by atoms with van der Waals surface area (Å²) in [7, 11) is 3.20. The van der Waals surface area contributed by atoms with E-state index in [-0.39, 0.29) is 5.91 Å². The molecule has 2 aromatic carbocycles. The molecular weight excluding hydrogens is 400 g/mol. The molecule has 2 aromatic rings. The number of benzene rings is 2. The molecule has 1 amide bonds. The van der Waals surface area contributed by atoms with E-state index in [1.807, 2.05) is 42.5 Å². The van der Waals surface area contributed by atoms with E-state index >= 15 is 0 Å². The van der Waals surface area contributed by atoms with Crippen molar-refractivity contribution in [3.05, 3.63) is 58.6 Å². The molecular formula is C22H24N4O3S. The Morgan fingerprint density at radius 1 is 1.13 bits per heavy atom. The number of unbranched alkanes of at least 4 members (excludes halogenated alkanes) is 1. The van der Waals surface area contributed by atoms with Crippen LogP contribution in [-0.4, -0.2) is 36.1 Å². The lowest BCUT2D eigenvalue weighted by molar-refractivity contribution is -0.116. The lowest BCUT2D eigenvalue weighted by Crippen LogP contribution is -2.50. The summed E-state index contributed by atoms with van der Waals surface area (Å²) in [6.07, 6.45) is 1.59. The highest BCUT2D eigenvalue weighted by Gasteiger charge is 2.36. The molecule has 30 heavy (non-hydrogen) atoms. The molecule has 8 heteroatoms. The summed E-state index contributed by atoms with van der Waals surface area (Å²) >= 11 is 1.54. The third-order valence-electron chi connectivity index (χ3n) is 4.96. The summed E-state index contributed by atoms with van der Waals surface area (Å²) in [5.74, 6) is 1.89. The molecule has 0 fully saturated rings. The minimum Gasteiger partial charge on any atom is -0.493 e. The normalized spacial score (nSPS) is 17.4. The summed E-state index contributed by atoms with van der Waals surface area (Å²) in [6, 6.07) is 13.3. The highest BCUT2D eigenvalue weighted by Crippen LogP contribution is 2.40. The molecule has 4 rings (SSSR count). The number of hydrogen-bond acceptors (Lipinski definition) is 7. The quantitative estimate of drug-likeness (QED) is 0.721. The third kappa shape index (κ3) is 3.63. The first kappa shape index (κ1) is 20.3. The monoisotopic (exact) mass is 424 g/mol. The Labute approximate surface area is 179 Å². The maximum atomic E-state index is 13.1. The molecule has 1 N–H and O–H groups in total. The number of carbonyl (C=O) groups is 1. The van der Waals surface area contributed by atoms with E-state index in [1.165, 1.54) is 0 Å². The number of methoxy groups -OCH3 is 2. The Morgan fingerprint density at radius 3 is 2.73 bits per heavy atom. The van der Waals surface area contributed by atoms with Crippen LogP contribution in [-0.2, 0) is 4.79 Å². The Balaban J connectivity index is 1.89. The SMILES string of the molecule is CCCCSC1=NN2C(=c3ccccc3=N[C@@H]2c2cccc(OC)c2OC)C(=O)N1. The lowest BCUT2D eigenvalue weighted by atomic mass is 10.1. The molecule has 0 aliphatic carbocycles. The molecule has 0 saturated heterocycles. The van der Waals surface area contributed by atoms with Crippen LogP contribution in [0.25, 0.3) is 5.70 Å². The van der Waals surface area contributed by atoms with Crippen LogP contribution in [0, 0.1) is 0 Å². The molecule has 2 heterocycles. The van der Waals surface area contributed by atoms with Gasteiger partial charge in [0.15, 0.2) is 22.8 Å². The summed E-state index contributed by atoms with van der Waals surface area (Å²) in [6.45, 7) is 2.14. The molecule has 1 atom stereocenters. The number of hydrogen-bond donors (Lipinski definition) is 1. The number of fused-ring (bicyclic) bond motifs is 2. The molecule has 0 spiro atoms. The van der Waals surface area contributed by atoms with Gasteiger partial charge in [0.1, 0.15) is 5.70 Å². The summed E-state index contributed by atoms with van der Waals surface area (Å²) in [4.78, 5) is 18.0. The van der Waals surface area contributed by atoms with Crippen molar-refractivity contribution in [2.24, 2.45) is 10.1 Å². The van der Waals surface area contributed by atoms with Gasteiger partial charge in [0, 0.05) is 16.5 Å². The number of nitrogens with one attached hydrogen (secondary N) is 1. The van der Waals surface area contributed by atoms with Crippen molar-refractivity contribution in [2.75, 3.05) is 20.0 Å². The number of hydrazone groups is 1. The van der Waals surface area contributed by atoms with Gasteiger partial charge >= 0.3 is 0 Å². The fraction of sp³-hybridized carbons (Fsp3) is 0.318. The second kappa shape index (κ2) is 8.79. The van der Waals surface area contributed by atoms with E-state index in [0.29, 0.717) is 22.4 Å². The first-order chi connectivity index (χ1) is 14.7. The van der Waals surface area contributed by atoms with Gasteiger partial charge in [-0.2, -0.15) is 0 Å². The lowest BCUT2D eigenvalue weighted by Gasteiger charge is -2.34. The van der Waals surface area contributed by atoms with E-state index < -0.39 is 6.17 Å². The second-order valence-electron chi connectivity index (χ2n) is 6.86. The van der Waals surface area contributed by atoms with Gasteiger partial charge in [0.05, 0.1) is 19.6 Å². The summed E-state index contributed by atoms with van der Waals surface area (Å²) < 4.78 is 11.1. The van der Waals surface area contributed by atoms with Gasteiger partial charge in [-0.25, -0.2) is 5.01 Å². The fourth-order valence-electron chi connectivity index (χ4n) is 3.52. The smallest absolute Gasteiger partial charge is 0.276 e. The Hall–Kier alpha value is -3.00. The number of para-hydroxylation sites is 2. The van der Waals surface area contributed by atoms with Crippen LogP contribution in [0.4, 0.5) is 0 Å². The molecule has 2 aliphatic heterocycles. The second-order valence-corrected chi connectivity index (χ2v) is 7.94. The van der Waals surface area contributed by atoms with Gasteiger partial charge in [-0.15, -0.1) is 5.10 Å². The predicted molar refractivity (Wildman–Crippen MR) is 118 cm³/mol. The van der Waals surface area contributed by atoms with Crippen molar-refractivity contribution in [1.82, 2.24) is 10.3 Å². The standard InChI is InChI=1S/C22H24N4O3S/c1-4-5-13-30-22-24-21(27)18-14-9-6-7-11-16(14)23-20(26(18)25-22)15-10-8-12-17(28-2)19(15)29-3/h6-12,20H,4-5,13H2,1-3H3,(H,24,25,27)/t20-/m0/s1. The maximum absolute atomic E-state index is 13.1. The Bertz CT molecular complexity index is 1120. The van der Waals surface area contributed by atoms with Gasteiger partial charge in [0.2, 0.25) is 0 Å². The van der Waals surface area contributed by atoms with Crippen molar-refractivity contribution in [3.8, 4) is 11.5 Å². The van der Waals surface area contributed by atoms with Gasteiger partial charge in [0.25, 0.3) is 5.91 Å². The number of nitrogens with zero attached hydrogens (tertiary/aromatic N) is 3. The van der Waals surface area contributed by atoms with Crippen molar-refractivity contribution < 1.29 is 14.3 Å². The Kier molecular flexibility index (Phi) is 5.94. The minimum absolute atomic E-state index is 0.182. The van der Waals surface area contributed by atoms with Crippen molar-refractivity contribution in [2.45, 2.75) is 25.9 Å². The molecule has 0 saturated carbocycles. The van der Waals surface area contributed by atoms with Crippen LogP contribution < -0.4 is 25.4 Å². The zero-order valence-corrected chi connectivity index (χ0v) is 18.0. The first-order valence-corrected chi connectivity index (χ1v) is 10.9. The number of thioether (sulfide) groups is 1. The zero-order chi connectivity index (χ0) is 21.1. The number of amidine groups is 1. The molecule has 2 aliphatic rings. The van der Waals surface area contributed by atoms with Crippen LogP contribution in [0.2, 0.25) is 0 Å². The van der Waals surface area contributed by atoms with Gasteiger partial charge < -0.3 is 9.47 Å². The zero-order valence-electron chi connectivity index (χ0n) is 17.2. The van der Waals surface area contributed by atoms with Crippen LogP contribution in [0.15, 0.2) is 52.6 Å². The molecule has 7 nitrogen and oxygen atoms in total. The number of ether oxygens (including phenoxy) is 2. The van der Waals surface area contributed by atoms with E-state index in [4.69, 9.17) is 19.6 Å². The maximum Gasteiger partial charge on any atom is 0.276 e. The van der Waals surface area contributed by atoms with Crippen LogP contribution in [0.1, 0.15) is 31.5 Å². The number of amides is 1. The topological polar surface area (TPSA) is 75.5 Å². The minimum atomic E-state index is -0.548. The van der Waals surface area contributed by atoms with Gasteiger partial charge in [-0.1, -0.05) is 55.4 Å². The van der Waals surface area contributed by atoms with Crippen molar-refractivity contribution >= 4 is 28.5 Å². The largest absolute Gasteiger partial charge is 0.493 e. The molecule has 0 bridgehead atoms. The van der Waals surface area contributed by atoms with E-state index in [2.05, 4.69) is 12.2 Å². The first-order valence-electron chi connectivity index (χ1n) is 9.88. The third-order valence-corrected chi connectivity index (χ3v) is 5.91. The highest BCUT2D eigenvalue weighted by molar-refractivity contribution is 8.13. The molecule has 0 radical (unpaired) electrons. The highest BCUT2D eigenvalue weighted by atomic mass is 32.2. The van der Waals surface area contributed by atoms with E-state index in [0.717, 1.165) is 34.7 Å². The van der Waals surface area contributed by atoms with Crippen molar-refractivity contribution in [1.29, 1.82) is 0 Å². The van der Waals surface area contributed by atoms with Crippen molar-refractivity contribution in [3.63, 3.8) is 0 Å². The predicted octanol–water partition coefficient (Wildman–Crippen LogP) is 2.38. The number of carbonyl (C=O) groups excluding carboxylic acids is 1. The van der Waals surface area contributed by atoms with Crippen LogP contribution in [0.3, 0.4) is 0 Å². The average molecular weight is 425 g/mol. The van der Waals surface area contributed by atoms with Gasteiger partial charge in [-0.05, 0) is 18.6 Å². The summed E-state index contributed by atoms with van der Waals surface area (Å²) in [5.41, 5.74) is 1.26. The van der Waals surface area contributed by atoms with Gasteiger partial charge in [-0.3, -0.25) is 15.1 Å². The van der Waals surface area contributed by atoms with E-state index in [9.17, 15) is 4.79 Å². The van der Waals surface area contributed by atoms with E-state index in [1.54, 1.807) is 31.0 Å². The Morgan fingerprint density at radius 2 is 1.97 bits per heavy atom. The molecule has 0 unspecified atom stereocenters. The molecule has 156 valence electrons. The average Bonchev–Trinajstić information content (AvgIpc) is 2.77. The van der Waals surface area contributed by atoms with Crippen LogP contribution >= 0.6 is 11.8 Å². The fourth-order valence-corrected chi connectivity index (χ4v) is 4.46. The molecule has 0 aromatic heterocycles. The van der Waals surface area contributed by atoms with Crippen LogP contribution in [0.5, 0.6) is 11.5 Å².